The first-order valence-electron chi connectivity index (χ1n) is 7.99. The van der Waals surface area contributed by atoms with Crippen molar-refractivity contribution in [2.45, 2.75) is 53.1 Å². The molecular formula is C18H24N2O4S. The van der Waals surface area contributed by atoms with E-state index in [4.69, 9.17) is 9.47 Å². The summed E-state index contributed by atoms with van der Waals surface area (Å²) in [5, 5.41) is 14.5. The van der Waals surface area contributed by atoms with Gasteiger partial charge in [-0.05, 0) is 44.6 Å². The number of thiophene rings is 1. The van der Waals surface area contributed by atoms with Crippen LogP contribution in [0.3, 0.4) is 0 Å². The van der Waals surface area contributed by atoms with Gasteiger partial charge in [-0.1, -0.05) is 13.8 Å². The standard InChI is InChI=1S/C18H24N2O4S/c1-7-23-17(22)14-13(11(2)3)10-25-15(14)20-9-12(8-19)16(21)24-18(4,5)6/h9-11,20H,7H2,1-6H3/b12-9+. The number of ether oxygens (including phenoxy) is 2. The molecule has 1 aromatic heterocycles. The maximum absolute atomic E-state index is 12.3. The number of nitrogens with zero attached hydrogens (tertiary/aromatic N) is 1. The average molecular weight is 364 g/mol. The molecule has 7 heteroatoms. The van der Waals surface area contributed by atoms with Crippen LogP contribution in [0.1, 0.15) is 63.4 Å². The van der Waals surface area contributed by atoms with Crippen molar-refractivity contribution in [2.75, 3.05) is 11.9 Å². The maximum Gasteiger partial charge on any atom is 0.350 e. The van der Waals surface area contributed by atoms with Gasteiger partial charge in [0.2, 0.25) is 0 Å². The van der Waals surface area contributed by atoms with Crippen molar-refractivity contribution >= 4 is 28.3 Å². The normalized spacial score (nSPS) is 11.8. The molecule has 6 nitrogen and oxygen atoms in total. The third-order valence-electron chi connectivity index (χ3n) is 3.01. The van der Waals surface area contributed by atoms with Crippen molar-refractivity contribution in [3.8, 4) is 6.07 Å². The molecular weight excluding hydrogens is 340 g/mol. The summed E-state index contributed by atoms with van der Waals surface area (Å²) in [6.07, 6.45) is 1.26. The Bertz CT molecular complexity index is 706. The summed E-state index contributed by atoms with van der Waals surface area (Å²) in [5.41, 5.74) is 0.413. The van der Waals surface area contributed by atoms with Gasteiger partial charge in [0.1, 0.15) is 16.7 Å². The molecule has 1 aromatic rings. The molecule has 0 atom stereocenters. The molecule has 0 fully saturated rings. The van der Waals surface area contributed by atoms with E-state index in [1.54, 1.807) is 27.7 Å². The van der Waals surface area contributed by atoms with E-state index in [0.29, 0.717) is 10.6 Å². The van der Waals surface area contributed by atoms with E-state index in [1.807, 2.05) is 25.3 Å². The third kappa shape index (κ3) is 5.91. The Morgan fingerprint density at radius 1 is 1.40 bits per heavy atom. The zero-order valence-electron chi connectivity index (χ0n) is 15.4. The molecule has 1 heterocycles. The lowest BCUT2D eigenvalue weighted by Gasteiger charge is -2.18. The Balaban J connectivity index is 3.11. The van der Waals surface area contributed by atoms with Crippen LogP contribution in [0.4, 0.5) is 5.00 Å². The van der Waals surface area contributed by atoms with E-state index in [-0.39, 0.29) is 18.1 Å². The van der Waals surface area contributed by atoms with Crippen LogP contribution in [0.25, 0.3) is 0 Å². The summed E-state index contributed by atoms with van der Waals surface area (Å²) < 4.78 is 10.3. The molecule has 0 aliphatic carbocycles. The van der Waals surface area contributed by atoms with Crippen molar-refractivity contribution in [3.05, 3.63) is 28.3 Å². The molecule has 0 aromatic carbocycles. The number of hydrogen-bond donors (Lipinski definition) is 1. The number of anilines is 1. The zero-order valence-corrected chi connectivity index (χ0v) is 16.2. The minimum atomic E-state index is -0.721. The maximum atomic E-state index is 12.3. The van der Waals surface area contributed by atoms with E-state index in [2.05, 4.69) is 5.32 Å². The molecule has 0 saturated heterocycles. The van der Waals surface area contributed by atoms with Crippen LogP contribution in [0.15, 0.2) is 17.2 Å². The second-order valence-corrected chi connectivity index (χ2v) is 7.47. The Morgan fingerprint density at radius 2 is 2.04 bits per heavy atom. The lowest BCUT2D eigenvalue weighted by molar-refractivity contribution is -0.149. The topological polar surface area (TPSA) is 88.4 Å². The van der Waals surface area contributed by atoms with Gasteiger partial charge in [0.25, 0.3) is 0 Å². The van der Waals surface area contributed by atoms with E-state index < -0.39 is 17.5 Å². The van der Waals surface area contributed by atoms with Gasteiger partial charge < -0.3 is 14.8 Å². The zero-order chi connectivity index (χ0) is 19.2. The second kappa shape index (κ2) is 8.67. The summed E-state index contributed by atoms with van der Waals surface area (Å²) in [5.74, 6) is -1.02. The van der Waals surface area contributed by atoms with E-state index in [0.717, 1.165) is 5.56 Å². The molecule has 0 spiro atoms. The number of nitriles is 1. The number of rotatable bonds is 6. The van der Waals surface area contributed by atoms with Crippen LogP contribution >= 0.6 is 11.3 Å². The lowest BCUT2D eigenvalue weighted by Crippen LogP contribution is -2.24. The van der Waals surface area contributed by atoms with Crippen molar-refractivity contribution < 1.29 is 19.1 Å². The van der Waals surface area contributed by atoms with E-state index in [1.165, 1.54) is 17.5 Å². The highest BCUT2D eigenvalue weighted by atomic mass is 32.1. The molecule has 0 bridgehead atoms. The van der Waals surface area contributed by atoms with Gasteiger partial charge in [-0.3, -0.25) is 0 Å². The van der Waals surface area contributed by atoms with Crippen molar-refractivity contribution in [1.29, 1.82) is 5.26 Å². The van der Waals surface area contributed by atoms with Crippen molar-refractivity contribution in [1.82, 2.24) is 0 Å². The first-order valence-corrected chi connectivity index (χ1v) is 8.87. The second-order valence-electron chi connectivity index (χ2n) is 6.59. The highest BCUT2D eigenvalue weighted by molar-refractivity contribution is 7.14. The Labute approximate surface area is 152 Å². The minimum Gasteiger partial charge on any atom is -0.462 e. The fourth-order valence-electron chi connectivity index (χ4n) is 1.92. The van der Waals surface area contributed by atoms with Crippen LogP contribution < -0.4 is 5.32 Å². The fraction of sp³-hybridized carbons (Fsp3) is 0.500. The molecule has 1 rings (SSSR count). The summed E-state index contributed by atoms with van der Waals surface area (Å²) in [7, 11) is 0. The van der Waals surface area contributed by atoms with Crippen molar-refractivity contribution in [3.63, 3.8) is 0 Å². The summed E-state index contributed by atoms with van der Waals surface area (Å²) in [6, 6.07) is 1.81. The summed E-state index contributed by atoms with van der Waals surface area (Å²) in [4.78, 5) is 24.3. The van der Waals surface area contributed by atoms with Gasteiger partial charge in [-0.2, -0.15) is 5.26 Å². The van der Waals surface area contributed by atoms with Gasteiger partial charge in [0.05, 0.1) is 12.2 Å². The van der Waals surface area contributed by atoms with E-state index in [9.17, 15) is 14.9 Å². The first-order chi connectivity index (χ1) is 11.6. The van der Waals surface area contributed by atoms with Crippen LogP contribution in [-0.4, -0.2) is 24.1 Å². The smallest absolute Gasteiger partial charge is 0.350 e. The minimum absolute atomic E-state index is 0.136. The van der Waals surface area contributed by atoms with Crippen molar-refractivity contribution in [2.24, 2.45) is 0 Å². The van der Waals surface area contributed by atoms with Gasteiger partial charge in [0, 0.05) is 6.20 Å². The quantitative estimate of drug-likeness (QED) is 0.462. The Hall–Kier alpha value is -2.33. The molecule has 1 N–H and O–H groups in total. The largest absolute Gasteiger partial charge is 0.462 e. The molecule has 25 heavy (non-hydrogen) atoms. The van der Waals surface area contributed by atoms with Crippen LogP contribution in [0.5, 0.6) is 0 Å². The van der Waals surface area contributed by atoms with Crippen LogP contribution in [-0.2, 0) is 14.3 Å². The monoisotopic (exact) mass is 364 g/mol. The Kier molecular flexibility index (Phi) is 7.19. The number of nitrogens with one attached hydrogen (secondary N) is 1. The SMILES string of the molecule is CCOC(=O)c1c(C(C)C)csc1N/C=C(\C#N)C(=O)OC(C)(C)C. The predicted molar refractivity (Wildman–Crippen MR) is 97.5 cm³/mol. The van der Waals surface area contributed by atoms with Crippen LogP contribution in [0, 0.1) is 11.3 Å². The molecule has 0 unspecified atom stereocenters. The molecule has 0 amide bonds. The summed E-state index contributed by atoms with van der Waals surface area (Å²) >= 11 is 1.32. The summed E-state index contributed by atoms with van der Waals surface area (Å²) in [6.45, 7) is 11.1. The lowest BCUT2D eigenvalue weighted by atomic mass is 10.0. The molecule has 0 saturated carbocycles. The van der Waals surface area contributed by atoms with Gasteiger partial charge in [0.15, 0.2) is 5.57 Å². The average Bonchev–Trinajstić information content (AvgIpc) is 2.90. The number of hydrogen-bond acceptors (Lipinski definition) is 7. The fourth-order valence-corrected chi connectivity index (χ4v) is 3.00. The van der Waals surface area contributed by atoms with Gasteiger partial charge in [-0.15, -0.1) is 11.3 Å². The van der Waals surface area contributed by atoms with Crippen LogP contribution in [0.2, 0.25) is 0 Å². The highest BCUT2D eigenvalue weighted by Gasteiger charge is 2.23. The van der Waals surface area contributed by atoms with Gasteiger partial charge >= 0.3 is 11.9 Å². The third-order valence-corrected chi connectivity index (χ3v) is 3.94. The number of carbonyl (C=O) groups is 2. The molecule has 136 valence electrons. The molecule has 0 radical (unpaired) electrons. The molecule has 0 aliphatic heterocycles. The number of carbonyl (C=O) groups excluding carboxylic acids is 2. The predicted octanol–water partition coefficient (Wildman–Crippen LogP) is 4.21. The Morgan fingerprint density at radius 3 is 2.52 bits per heavy atom. The van der Waals surface area contributed by atoms with Gasteiger partial charge in [-0.25, -0.2) is 9.59 Å². The highest BCUT2D eigenvalue weighted by Crippen LogP contribution is 2.33. The number of esters is 2. The molecule has 0 aliphatic rings. The van der Waals surface area contributed by atoms with E-state index >= 15 is 0 Å². The first kappa shape index (κ1) is 20.7.